The second-order valence-electron chi connectivity index (χ2n) is 3.84. The summed E-state index contributed by atoms with van der Waals surface area (Å²) >= 11 is 0. The minimum absolute atomic E-state index is 0.0374. The summed E-state index contributed by atoms with van der Waals surface area (Å²) in [5.74, 6) is 0.0390. The van der Waals surface area contributed by atoms with Crippen molar-refractivity contribution in [1.82, 2.24) is 10.6 Å². The highest BCUT2D eigenvalue weighted by Crippen LogP contribution is 2.04. The van der Waals surface area contributed by atoms with Gasteiger partial charge in [-0.15, -0.1) is 0 Å². The molecule has 15 heavy (non-hydrogen) atoms. The van der Waals surface area contributed by atoms with Crippen molar-refractivity contribution in [1.29, 1.82) is 0 Å². The van der Waals surface area contributed by atoms with Crippen LogP contribution in [0.25, 0.3) is 0 Å². The summed E-state index contributed by atoms with van der Waals surface area (Å²) < 4.78 is 4.79. The first-order valence-electron chi connectivity index (χ1n) is 5.42. The van der Waals surface area contributed by atoms with Gasteiger partial charge in [0.1, 0.15) is 0 Å². The van der Waals surface area contributed by atoms with E-state index in [1.165, 1.54) is 0 Å². The van der Waals surface area contributed by atoms with E-state index in [9.17, 15) is 9.90 Å². The van der Waals surface area contributed by atoms with E-state index in [2.05, 4.69) is 10.6 Å². The molecule has 0 spiro atoms. The predicted octanol–water partition coefficient (Wildman–Crippen LogP) is -0.748. The number of ether oxygens (including phenoxy) is 1. The molecule has 0 aromatic heterocycles. The van der Waals surface area contributed by atoms with Crippen molar-refractivity contribution < 1.29 is 14.6 Å². The first-order chi connectivity index (χ1) is 7.24. The van der Waals surface area contributed by atoms with Crippen LogP contribution in [0.4, 0.5) is 0 Å². The predicted molar refractivity (Wildman–Crippen MR) is 56.5 cm³/mol. The molecule has 5 nitrogen and oxygen atoms in total. The van der Waals surface area contributed by atoms with Gasteiger partial charge >= 0.3 is 0 Å². The van der Waals surface area contributed by atoms with E-state index in [0.717, 1.165) is 19.4 Å². The number of aliphatic hydroxyl groups excluding tert-OH is 1. The molecule has 1 heterocycles. The largest absolute Gasteiger partial charge is 0.391 e. The van der Waals surface area contributed by atoms with Gasteiger partial charge in [0, 0.05) is 13.7 Å². The molecule has 88 valence electrons. The van der Waals surface area contributed by atoms with Crippen LogP contribution >= 0.6 is 0 Å². The van der Waals surface area contributed by atoms with E-state index in [-0.39, 0.29) is 11.9 Å². The maximum Gasteiger partial charge on any atom is 0.237 e. The van der Waals surface area contributed by atoms with Crippen molar-refractivity contribution in [3.63, 3.8) is 0 Å². The number of rotatable bonds is 6. The van der Waals surface area contributed by atoms with Gasteiger partial charge in [0.05, 0.1) is 18.8 Å². The van der Waals surface area contributed by atoms with Gasteiger partial charge in [-0.05, 0) is 25.8 Å². The van der Waals surface area contributed by atoms with Crippen LogP contribution < -0.4 is 10.6 Å². The molecule has 1 amide bonds. The van der Waals surface area contributed by atoms with Crippen LogP contribution in [0, 0.1) is 0 Å². The lowest BCUT2D eigenvalue weighted by Gasteiger charge is -2.13. The Bertz CT molecular complexity index is 193. The molecule has 1 aliphatic rings. The SMILES string of the molecule is COCC(O)CCNC(=O)[C@H]1CCCN1. The third kappa shape index (κ3) is 4.59. The Labute approximate surface area is 90.2 Å². The van der Waals surface area contributed by atoms with Crippen LogP contribution in [0.2, 0.25) is 0 Å². The fourth-order valence-electron chi connectivity index (χ4n) is 1.67. The van der Waals surface area contributed by atoms with Crippen molar-refractivity contribution >= 4 is 5.91 Å². The molecule has 3 N–H and O–H groups in total. The van der Waals surface area contributed by atoms with Crippen LogP contribution in [0.1, 0.15) is 19.3 Å². The standard InChI is InChI=1S/C10H20N2O3/c1-15-7-8(13)4-6-12-10(14)9-3-2-5-11-9/h8-9,11,13H,2-7H2,1H3,(H,12,14)/t8?,9-/m1/s1. The molecule has 0 aromatic carbocycles. The lowest BCUT2D eigenvalue weighted by atomic mass is 10.2. The average molecular weight is 216 g/mol. The summed E-state index contributed by atoms with van der Waals surface area (Å²) in [6, 6.07) is -0.0374. The van der Waals surface area contributed by atoms with Crippen molar-refractivity contribution in [3.8, 4) is 0 Å². The Morgan fingerprint density at radius 3 is 3.13 bits per heavy atom. The van der Waals surface area contributed by atoms with Gasteiger partial charge in [0.2, 0.25) is 5.91 Å². The second-order valence-corrected chi connectivity index (χ2v) is 3.84. The van der Waals surface area contributed by atoms with Crippen LogP contribution in [-0.2, 0) is 9.53 Å². The average Bonchev–Trinajstić information content (AvgIpc) is 2.70. The Kier molecular flexibility index (Phi) is 5.60. The number of carbonyl (C=O) groups excluding carboxylic acids is 1. The highest BCUT2D eigenvalue weighted by atomic mass is 16.5. The zero-order chi connectivity index (χ0) is 11.1. The monoisotopic (exact) mass is 216 g/mol. The molecule has 2 atom stereocenters. The molecular formula is C10H20N2O3. The fraction of sp³-hybridized carbons (Fsp3) is 0.900. The Morgan fingerprint density at radius 2 is 2.53 bits per heavy atom. The number of methoxy groups -OCH3 is 1. The third-order valence-corrected chi connectivity index (χ3v) is 2.51. The molecule has 1 aliphatic heterocycles. The highest BCUT2D eigenvalue weighted by molar-refractivity contribution is 5.81. The maximum absolute atomic E-state index is 11.5. The third-order valence-electron chi connectivity index (χ3n) is 2.51. The minimum Gasteiger partial charge on any atom is -0.391 e. The highest BCUT2D eigenvalue weighted by Gasteiger charge is 2.21. The lowest BCUT2D eigenvalue weighted by Crippen LogP contribution is -2.41. The lowest BCUT2D eigenvalue weighted by molar-refractivity contribution is -0.122. The Hall–Kier alpha value is -0.650. The van der Waals surface area contributed by atoms with Gasteiger partial charge in [0.25, 0.3) is 0 Å². The van der Waals surface area contributed by atoms with E-state index >= 15 is 0 Å². The van der Waals surface area contributed by atoms with Crippen LogP contribution in [-0.4, -0.2) is 50.0 Å². The van der Waals surface area contributed by atoms with E-state index < -0.39 is 6.10 Å². The fourth-order valence-corrected chi connectivity index (χ4v) is 1.67. The Morgan fingerprint density at radius 1 is 1.73 bits per heavy atom. The number of aliphatic hydroxyl groups is 1. The quantitative estimate of drug-likeness (QED) is 0.546. The number of carbonyl (C=O) groups is 1. The second kappa shape index (κ2) is 6.76. The molecule has 5 heteroatoms. The number of hydrogen-bond acceptors (Lipinski definition) is 4. The zero-order valence-corrected chi connectivity index (χ0v) is 9.16. The molecule has 0 saturated carbocycles. The van der Waals surface area contributed by atoms with Gasteiger partial charge in [-0.3, -0.25) is 4.79 Å². The summed E-state index contributed by atoms with van der Waals surface area (Å²) in [5, 5.41) is 15.3. The summed E-state index contributed by atoms with van der Waals surface area (Å²) in [6.07, 6.45) is 2.01. The minimum atomic E-state index is -0.494. The molecule has 1 fully saturated rings. The van der Waals surface area contributed by atoms with E-state index in [1.807, 2.05) is 0 Å². The van der Waals surface area contributed by atoms with Crippen molar-refractivity contribution in [3.05, 3.63) is 0 Å². The van der Waals surface area contributed by atoms with E-state index in [4.69, 9.17) is 4.74 Å². The number of amides is 1. The van der Waals surface area contributed by atoms with Gasteiger partial charge < -0.3 is 20.5 Å². The van der Waals surface area contributed by atoms with Gasteiger partial charge in [-0.25, -0.2) is 0 Å². The summed E-state index contributed by atoms with van der Waals surface area (Å²) in [6.45, 7) is 1.74. The first kappa shape index (κ1) is 12.4. The summed E-state index contributed by atoms with van der Waals surface area (Å²) in [5.41, 5.74) is 0. The molecule has 0 aromatic rings. The topological polar surface area (TPSA) is 70.6 Å². The first-order valence-corrected chi connectivity index (χ1v) is 5.42. The molecule has 1 unspecified atom stereocenters. The van der Waals surface area contributed by atoms with Crippen molar-refractivity contribution in [2.75, 3.05) is 26.8 Å². The van der Waals surface area contributed by atoms with Crippen LogP contribution in [0.3, 0.4) is 0 Å². The van der Waals surface area contributed by atoms with Crippen molar-refractivity contribution in [2.45, 2.75) is 31.4 Å². The molecule has 0 bridgehead atoms. The van der Waals surface area contributed by atoms with Gasteiger partial charge in [-0.2, -0.15) is 0 Å². The van der Waals surface area contributed by atoms with E-state index in [0.29, 0.717) is 19.6 Å². The number of nitrogens with one attached hydrogen (secondary N) is 2. The van der Waals surface area contributed by atoms with Crippen LogP contribution in [0.15, 0.2) is 0 Å². The smallest absolute Gasteiger partial charge is 0.237 e. The van der Waals surface area contributed by atoms with Crippen molar-refractivity contribution in [2.24, 2.45) is 0 Å². The Balaban J connectivity index is 2.06. The maximum atomic E-state index is 11.5. The van der Waals surface area contributed by atoms with E-state index in [1.54, 1.807) is 7.11 Å². The molecule has 0 aliphatic carbocycles. The molecule has 0 radical (unpaired) electrons. The normalized spacial score (nSPS) is 22.7. The van der Waals surface area contributed by atoms with Gasteiger partial charge in [-0.1, -0.05) is 0 Å². The van der Waals surface area contributed by atoms with Gasteiger partial charge in [0.15, 0.2) is 0 Å². The summed E-state index contributed by atoms with van der Waals surface area (Å²) in [4.78, 5) is 11.5. The zero-order valence-electron chi connectivity index (χ0n) is 9.16. The molecular weight excluding hydrogens is 196 g/mol. The van der Waals surface area contributed by atoms with Crippen LogP contribution in [0.5, 0.6) is 0 Å². The molecule has 1 saturated heterocycles. The number of hydrogen-bond donors (Lipinski definition) is 3. The molecule has 1 rings (SSSR count). The summed E-state index contributed by atoms with van der Waals surface area (Å²) in [7, 11) is 1.55.